The van der Waals surface area contributed by atoms with Crippen LogP contribution in [0.1, 0.15) is 90.4 Å². The molecule has 2 fully saturated rings. The molecule has 0 radical (unpaired) electrons. The van der Waals surface area contributed by atoms with Gasteiger partial charge in [-0.15, -0.1) is 0 Å². The SMILES string of the molecule is CC1CC(=O)CCCCCCCCC[C@@H]2CC[C@H]1C2. The predicted molar refractivity (Wildman–Crippen MR) is 81.2 cm³/mol. The van der Waals surface area contributed by atoms with E-state index in [0.717, 1.165) is 31.1 Å². The maximum atomic E-state index is 12.0. The largest absolute Gasteiger partial charge is 0.300 e. The molecular formula is C18H32O. The van der Waals surface area contributed by atoms with Crippen LogP contribution in [-0.4, -0.2) is 5.78 Å². The van der Waals surface area contributed by atoms with Crippen LogP contribution in [0.4, 0.5) is 0 Å². The van der Waals surface area contributed by atoms with E-state index in [1.807, 2.05) is 0 Å². The average Bonchev–Trinajstić information content (AvgIpc) is 2.84. The minimum atomic E-state index is 0.533. The van der Waals surface area contributed by atoms with Crippen molar-refractivity contribution in [2.24, 2.45) is 17.8 Å². The Bertz CT molecular complexity index is 271. The van der Waals surface area contributed by atoms with Gasteiger partial charge in [-0.2, -0.15) is 0 Å². The molecule has 110 valence electrons. The molecule has 0 saturated heterocycles. The van der Waals surface area contributed by atoms with Crippen molar-refractivity contribution in [2.45, 2.75) is 90.4 Å². The Morgan fingerprint density at radius 2 is 1.53 bits per heavy atom. The van der Waals surface area contributed by atoms with Gasteiger partial charge in [0.25, 0.3) is 0 Å². The highest BCUT2D eigenvalue weighted by molar-refractivity contribution is 5.78. The summed E-state index contributed by atoms with van der Waals surface area (Å²) in [5, 5.41) is 0. The van der Waals surface area contributed by atoms with Crippen molar-refractivity contribution in [3.8, 4) is 0 Å². The molecule has 0 heterocycles. The van der Waals surface area contributed by atoms with E-state index >= 15 is 0 Å². The molecule has 19 heavy (non-hydrogen) atoms. The Balaban J connectivity index is 1.83. The number of hydrogen-bond acceptors (Lipinski definition) is 1. The van der Waals surface area contributed by atoms with E-state index in [4.69, 9.17) is 0 Å². The lowest BCUT2D eigenvalue weighted by molar-refractivity contribution is -0.120. The zero-order valence-electron chi connectivity index (χ0n) is 12.8. The Hall–Kier alpha value is -0.330. The summed E-state index contributed by atoms with van der Waals surface area (Å²) in [6, 6.07) is 0. The van der Waals surface area contributed by atoms with Crippen LogP contribution in [0.5, 0.6) is 0 Å². The van der Waals surface area contributed by atoms with Crippen molar-refractivity contribution in [3.05, 3.63) is 0 Å². The molecule has 0 aromatic rings. The van der Waals surface area contributed by atoms with Crippen molar-refractivity contribution in [3.63, 3.8) is 0 Å². The molecule has 2 bridgehead atoms. The van der Waals surface area contributed by atoms with Gasteiger partial charge in [-0.05, 0) is 37.0 Å². The summed E-state index contributed by atoms with van der Waals surface area (Å²) in [6.45, 7) is 2.32. The first-order valence-corrected chi connectivity index (χ1v) is 8.77. The second-order valence-electron chi connectivity index (χ2n) is 7.17. The lowest BCUT2D eigenvalue weighted by atomic mass is 9.86. The van der Waals surface area contributed by atoms with Crippen LogP contribution in [0.15, 0.2) is 0 Å². The molecule has 2 saturated carbocycles. The smallest absolute Gasteiger partial charge is 0.133 e. The van der Waals surface area contributed by atoms with Crippen molar-refractivity contribution in [1.29, 1.82) is 0 Å². The Morgan fingerprint density at radius 1 is 0.842 bits per heavy atom. The standard InChI is InChI=1S/C18H32O/c1-15-13-18(19)10-8-6-4-2-3-5-7-9-16-11-12-17(15)14-16/h15-17H,2-14H2,1H3/t15?,16-,17+/m1/s1. The average molecular weight is 264 g/mol. The highest BCUT2D eigenvalue weighted by Crippen LogP contribution is 2.39. The second kappa shape index (κ2) is 8.07. The molecule has 3 atom stereocenters. The molecule has 0 N–H and O–H groups in total. The fourth-order valence-corrected chi connectivity index (χ4v) is 4.16. The minimum Gasteiger partial charge on any atom is -0.300 e. The lowest BCUT2D eigenvalue weighted by Gasteiger charge is -2.18. The van der Waals surface area contributed by atoms with E-state index in [2.05, 4.69) is 6.92 Å². The summed E-state index contributed by atoms with van der Waals surface area (Å²) in [4.78, 5) is 12.0. The topological polar surface area (TPSA) is 17.1 Å². The van der Waals surface area contributed by atoms with Crippen molar-refractivity contribution in [2.75, 3.05) is 0 Å². The number of Topliss-reactive ketones (excluding diaryl/α,β-unsaturated/α-hetero) is 1. The van der Waals surface area contributed by atoms with Gasteiger partial charge in [0.05, 0.1) is 0 Å². The molecule has 2 rings (SSSR count). The lowest BCUT2D eigenvalue weighted by Crippen LogP contribution is -2.13. The van der Waals surface area contributed by atoms with Gasteiger partial charge in [0, 0.05) is 12.8 Å². The molecule has 0 spiro atoms. The van der Waals surface area contributed by atoms with Crippen LogP contribution >= 0.6 is 0 Å². The van der Waals surface area contributed by atoms with Crippen LogP contribution in [0.3, 0.4) is 0 Å². The Kier molecular flexibility index (Phi) is 6.40. The fraction of sp³-hybridized carbons (Fsp3) is 0.944. The maximum absolute atomic E-state index is 12.0. The van der Waals surface area contributed by atoms with Gasteiger partial charge in [-0.1, -0.05) is 58.3 Å². The minimum absolute atomic E-state index is 0.533. The number of hydrogen-bond donors (Lipinski definition) is 0. The summed E-state index contributed by atoms with van der Waals surface area (Å²) >= 11 is 0. The van der Waals surface area contributed by atoms with Gasteiger partial charge in [-0.25, -0.2) is 0 Å². The number of ketones is 1. The first-order chi connectivity index (χ1) is 9.25. The molecular weight excluding hydrogens is 232 g/mol. The monoisotopic (exact) mass is 264 g/mol. The first kappa shape index (κ1) is 15.1. The highest BCUT2D eigenvalue weighted by atomic mass is 16.1. The van der Waals surface area contributed by atoms with Crippen molar-refractivity contribution in [1.82, 2.24) is 0 Å². The van der Waals surface area contributed by atoms with Gasteiger partial charge in [0.2, 0.25) is 0 Å². The normalized spacial score (nSPS) is 35.6. The van der Waals surface area contributed by atoms with E-state index in [1.165, 1.54) is 64.2 Å². The van der Waals surface area contributed by atoms with E-state index in [0.29, 0.717) is 11.7 Å². The molecule has 0 aliphatic heterocycles. The second-order valence-corrected chi connectivity index (χ2v) is 7.17. The summed E-state index contributed by atoms with van der Waals surface area (Å²) in [6.07, 6.45) is 16.8. The van der Waals surface area contributed by atoms with Crippen LogP contribution in [0, 0.1) is 17.8 Å². The van der Waals surface area contributed by atoms with Crippen molar-refractivity contribution >= 4 is 5.78 Å². The van der Waals surface area contributed by atoms with Gasteiger partial charge < -0.3 is 0 Å². The molecule has 2 aliphatic rings. The molecule has 1 unspecified atom stereocenters. The van der Waals surface area contributed by atoms with E-state index in [-0.39, 0.29) is 0 Å². The molecule has 0 aromatic heterocycles. The fourth-order valence-electron chi connectivity index (χ4n) is 4.16. The number of carbonyl (C=O) groups is 1. The third kappa shape index (κ3) is 5.28. The van der Waals surface area contributed by atoms with E-state index < -0.39 is 0 Å². The summed E-state index contributed by atoms with van der Waals surface area (Å²) in [5.74, 6) is 3.00. The summed E-state index contributed by atoms with van der Waals surface area (Å²) < 4.78 is 0. The van der Waals surface area contributed by atoms with Gasteiger partial charge in [-0.3, -0.25) is 4.79 Å². The summed E-state index contributed by atoms with van der Waals surface area (Å²) in [5.41, 5.74) is 0. The molecule has 0 aromatic carbocycles. The van der Waals surface area contributed by atoms with Gasteiger partial charge in [0.15, 0.2) is 0 Å². The number of fused-ring (bicyclic) bond motifs is 2. The number of carbonyl (C=O) groups excluding carboxylic acids is 1. The summed E-state index contributed by atoms with van der Waals surface area (Å²) in [7, 11) is 0. The zero-order valence-corrected chi connectivity index (χ0v) is 12.8. The van der Waals surface area contributed by atoms with Crippen LogP contribution in [0.2, 0.25) is 0 Å². The molecule has 2 aliphatic carbocycles. The van der Waals surface area contributed by atoms with Gasteiger partial charge in [0.1, 0.15) is 5.78 Å². The van der Waals surface area contributed by atoms with Crippen molar-refractivity contribution < 1.29 is 4.79 Å². The van der Waals surface area contributed by atoms with Gasteiger partial charge >= 0.3 is 0 Å². The quantitative estimate of drug-likeness (QED) is 0.563. The maximum Gasteiger partial charge on any atom is 0.133 e. The zero-order chi connectivity index (χ0) is 13.5. The van der Waals surface area contributed by atoms with Crippen LogP contribution in [0.25, 0.3) is 0 Å². The number of rotatable bonds is 0. The predicted octanol–water partition coefficient (Wildman–Crippen LogP) is 5.52. The molecule has 1 heteroatoms. The Morgan fingerprint density at radius 3 is 2.32 bits per heavy atom. The third-order valence-electron chi connectivity index (χ3n) is 5.50. The molecule has 0 amide bonds. The van der Waals surface area contributed by atoms with E-state index in [1.54, 1.807) is 0 Å². The Labute approximate surface area is 119 Å². The van der Waals surface area contributed by atoms with Crippen LogP contribution in [-0.2, 0) is 4.79 Å². The highest BCUT2D eigenvalue weighted by Gasteiger charge is 2.29. The van der Waals surface area contributed by atoms with Crippen LogP contribution < -0.4 is 0 Å². The van der Waals surface area contributed by atoms with E-state index in [9.17, 15) is 4.79 Å². The third-order valence-corrected chi connectivity index (χ3v) is 5.50. The molecule has 1 nitrogen and oxygen atoms in total. The first-order valence-electron chi connectivity index (χ1n) is 8.77.